The fraction of sp³-hybridized carbons (Fsp3) is 0.429. The highest BCUT2D eigenvalue weighted by atomic mass is 19.4. The largest absolute Gasteiger partial charge is 0.478 e. The number of rotatable bonds is 7. The van der Waals surface area contributed by atoms with Crippen molar-refractivity contribution in [2.45, 2.75) is 25.6 Å². The van der Waals surface area contributed by atoms with Gasteiger partial charge in [0.1, 0.15) is 6.61 Å². The number of carbonyl (C=O) groups excluding carboxylic acids is 1. The van der Waals surface area contributed by atoms with Gasteiger partial charge in [-0.2, -0.15) is 13.2 Å². The van der Waals surface area contributed by atoms with Crippen LogP contribution in [0.3, 0.4) is 0 Å². The summed E-state index contributed by atoms with van der Waals surface area (Å²) in [5.74, 6) is -1.53. The van der Waals surface area contributed by atoms with E-state index in [1.165, 1.54) is 25.1 Å². The maximum atomic E-state index is 11.9. The van der Waals surface area contributed by atoms with Crippen molar-refractivity contribution in [3.63, 3.8) is 0 Å². The van der Waals surface area contributed by atoms with Crippen LogP contribution in [-0.4, -0.2) is 42.4 Å². The molecule has 0 saturated carbocycles. The van der Waals surface area contributed by atoms with E-state index in [2.05, 4.69) is 10.1 Å². The summed E-state index contributed by atoms with van der Waals surface area (Å²) in [5, 5.41) is 11.3. The molecule has 0 spiro atoms. The minimum atomic E-state index is -4.40. The van der Waals surface area contributed by atoms with Crippen LogP contribution in [0.5, 0.6) is 0 Å². The van der Waals surface area contributed by atoms with Gasteiger partial charge in [-0.25, -0.2) is 4.79 Å². The minimum Gasteiger partial charge on any atom is -0.478 e. The Bertz CT molecular complexity index is 531. The molecule has 1 unspecified atom stereocenters. The number of alkyl halides is 3. The molecule has 122 valence electrons. The zero-order chi connectivity index (χ0) is 16.8. The number of benzene rings is 1. The van der Waals surface area contributed by atoms with Gasteiger partial charge >= 0.3 is 12.1 Å². The number of hydrogen-bond donors (Lipinski definition) is 2. The Kier molecular flexibility index (Phi) is 6.36. The van der Waals surface area contributed by atoms with Crippen molar-refractivity contribution in [1.29, 1.82) is 0 Å². The summed E-state index contributed by atoms with van der Waals surface area (Å²) in [6.45, 7) is -0.115. The maximum Gasteiger partial charge on any atom is 0.411 e. The summed E-state index contributed by atoms with van der Waals surface area (Å²) >= 11 is 0. The van der Waals surface area contributed by atoms with Crippen molar-refractivity contribution in [1.82, 2.24) is 5.32 Å². The van der Waals surface area contributed by atoms with Crippen molar-refractivity contribution in [2.24, 2.45) is 0 Å². The van der Waals surface area contributed by atoms with Gasteiger partial charge in [0.15, 0.2) is 0 Å². The van der Waals surface area contributed by atoms with E-state index in [0.717, 1.165) is 0 Å². The van der Waals surface area contributed by atoms with Crippen LogP contribution >= 0.6 is 0 Å². The molecule has 1 aromatic carbocycles. The first kappa shape index (κ1) is 18.0. The molecule has 0 bridgehead atoms. The van der Waals surface area contributed by atoms with Gasteiger partial charge in [0.25, 0.3) is 0 Å². The first-order valence-electron chi connectivity index (χ1n) is 6.43. The normalized spacial score (nSPS) is 12.7. The molecule has 0 heterocycles. The summed E-state index contributed by atoms with van der Waals surface area (Å²) < 4.78 is 40.1. The number of carbonyl (C=O) groups is 2. The van der Waals surface area contributed by atoms with Crippen molar-refractivity contribution in [3.8, 4) is 0 Å². The highest BCUT2D eigenvalue weighted by Crippen LogP contribution is 2.14. The van der Waals surface area contributed by atoms with Gasteiger partial charge in [0, 0.05) is 6.04 Å². The van der Waals surface area contributed by atoms with Gasteiger partial charge in [0.05, 0.1) is 18.6 Å². The molecule has 22 heavy (non-hydrogen) atoms. The Balaban J connectivity index is 2.42. The lowest BCUT2D eigenvalue weighted by Gasteiger charge is -2.15. The molecule has 0 saturated heterocycles. The second kappa shape index (κ2) is 7.79. The Morgan fingerprint density at radius 1 is 1.36 bits per heavy atom. The van der Waals surface area contributed by atoms with Gasteiger partial charge < -0.3 is 15.2 Å². The van der Waals surface area contributed by atoms with Crippen LogP contribution < -0.4 is 5.32 Å². The molecular weight excluding hydrogens is 303 g/mol. The number of carboxylic acid groups (broad SMARTS) is 1. The van der Waals surface area contributed by atoms with Gasteiger partial charge in [0.2, 0.25) is 5.91 Å². The van der Waals surface area contributed by atoms with Gasteiger partial charge in [-0.1, -0.05) is 12.1 Å². The predicted octanol–water partition coefficient (Wildman–Crippen LogP) is 2.01. The molecule has 0 aliphatic rings. The highest BCUT2D eigenvalue weighted by molar-refractivity contribution is 5.88. The lowest BCUT2D eigenvalue weighted by Crippen LogP contribution is -2.37. The monoisotopic (exact) mass is 319 g/mol. The topological polar surface area (TPSA) is 75.6 Å². The van der Waals surface area contributed by atoms with Crippen LogP contribution in [0.15, 0.2) is 24.3 Å². The number of ether oxygens (including phenoxy) is 1. The molecule has 0 radical (unpaired) electrons. The van der Waals surface area contributed by atoms with Crippen LogP contribution in [0.25, 0.3) is 0 Å². The summed E-state index contributed by atoms with van der Waals surface area (Å²) in [6, 6.07) is 5.29. The van der Waals surface area contributed by atoms with Crippen molar-refractivity contribution >= 4 is 11.9 Å². The second-order valence-corrected chi connectivity index (χ2v) is 4.78. The first-order chi connectivity index (χ1) is 10.2. The van der Waals surface area contributed by atoms with E-state index >= 15 is 0 Å². The minimum absolute atomic E-state index is 0.0619. The molecule has 2 N–H and O–H groups in total. The third kappa shape index (κ3) is 7.07. The van der Waals surface area contributed by atoms with E-state index in [-0.39, 0.29) is 18.6 Å². The maximum absolute atomic E-state index is 11.9. The van der Waals surface area contributed by atoms with Gasteiger partial charge in [-0.15, -0.1) is 0 Å². The number of amides is 1. The molecule has 0 aromatic heterocycles. The third-order valence-corrected chi connectivity index (χ3v) is 2.58. The van der Waals surface area contributed by atoms with Crippen molar-refractivity contribution in [3.05, 3.63) is 35.4 Å². The predicted molar refractivity (Wildman–Crippen MR) is 71.6 cm³/mol. The molecule has 1 atom stereocenters. The molecule has 1 aromatic rings. The molecule has 0 fully saturated rings. The Morgan fingerprint density at radius 3 is 2.64 bits per heavy atom. The fourth-order valence-corrected chi connectivity index (χ4v) is 1.72. The molecular formula is C14H16F3NO4. The second-order valence-electron chi connectivity index (χ2n) is 4.78. The molecule has 0 aliphatic heterocycles. The number of aromatic carboxylic acids is 1. The Hall–Kier alpha value is -2.09. The number of carboxylic acids is 1. The van der Waals surface area contributed by atoms with Gasteiger partial charge in [-0.05, 0) is 24.6 Å². The first-order valence-corrected chi connectivity index (χ1v) is 6.43. The third-order valence-electron chi connectivity index (χ3n) is 2.58. The molecule has 1 rings (SSSR count). The van der Waals surface area contributed by atoms with E-state index in [9.17, 15) is 22.8 Å². The Labute approximate surface area is 125 Å². The van der Waals surface area contributed by atoms with E-state index in [4.69, 9.17) is 5.11 Å². The molecule has 1 amide bonds. The van der Waals surface area contributed by atoms with E-state index in [1.54, 1.807) is 6.07 Å². The highest BCUT2D eigenvalue weighted by Gasteiger charge is 2.27. The zero-order valence-corrected chi connectivity index (χ0v) is 11.8. The zero-order valence-electron chi connectivity index (χ0n) is 11.8. The standard InChI is InChI=1S/C14H16F3NO4/c1-9(7-22-8-14(15,16)17)18-12(19)6-10-3-2-4-11(5-10)13(20)21/h2-5,9H,6-8H2,1H3,(H,18,19)(H,20,21). The summed E-state index contributed by atoms with van der Waals surface area (Å²) in [4.78, 5) is 22.5. The Morgan fingerprint density at radius 2 is 2.05 bits per heavy atom. The van der Waals surface area contributed by atoms with E-state index in [1.807, 2.05) is 0 Å². The average molecular weight is 319 g/mol. The smallest absolute Gasteiger partial charge is 0.411 e. The quantitative estimate of drug-likeness (QED) is 0.806. The lowest BCUT2D eigenvalue weighted by molar-refractivity contribution is -0.175. The average Bonchev–Trinajstić information content (AvgIpc) is 2.37. The SMILES string of the molecule is CC(COCC(F)(F)F)NC(=O)Cc1cccc(C(=O)O)c1. The van der Waals surface area contributed by atoms with Gasteiger partial charge in [-0.3, -0.25) is 4.79 Å². The number of nitrogens with one attached hydrogen (secondary N) is 1. The molecule has 5 nitrogen and oxygen atoms in total. The molecule has 0 aliphatic carbocycles. The van der Waals surface area contributed by atoms with Crippen LogP contribution in [0, 0.1) is 0 Å². The van der Waals surface area contributed by atoms with Crippen molar-refractivity contribution in [2.75, 3.05) is 13.2 Å². The fourth-order valence-electron chi connectivity index (χ4n) is 1.72. The van der Waals surface area contributed by atoms with Crippen LogP contribution in [0.2, 0.25) is 0 Å². The van der Waals surface area contributed by atoms with E-state index < -0.39 is 30.7 Å². The van der Waals surface area contributed by atoms with E-state index in [0.29, 0.717) is 5.56 Å². The van der Waals surface area contributed by atoms with Crippen molar-refractivity contribution < 1.29 is 32.6 Å². The van der Waals surface area contributed by atoms with Crippen LogP contribution in [0.1, 0.15) is 22.8 Å². The molecule has 8 heteroatoms. The summed E-state index contributed by atoms with van der Waals surface area (Å²) in [7, 11) is 0. The summed E-state index contributed by atoms with van der Waals surface area (Å²) in [6.07, 6.45) is -4.47. The summed E-state index contributed by atoms with van der Waals surface area (Å²) in [5.41, 5.74) is 0.563. The number of halogens is 3. The van der Waals surface area contributed by atoms with Crippen LogP contribution in [-0.2, 0) is 16.0 Å². The lowest BCUT2D eigenvalue weighted by atomic mass is 10.1. The number of hydrogen-bond acceptors (Lipinski definition) is 3. The van der Waals surface area contributed by atoms with Crippen LogP contribution in [0.4, 0.5) is 13.2 Å².